The first kappa shape index (κ1) is 13.1. The van der Waals surface area contributed by atoms with Gasteiger partial charge < -0.3 is 15.7 Å². The van der Waals surface area contributed by atoms with Crippen molar-refractivity contribution in [3.8, 4) is 0 Å². The first-order chi connectivity index (χ1) is 9.06. The number of halogens is 1. The molecule has 0 radical (unpaired) electrons. The van der Waals surface area contributed by atoms with E-state index in [2.05, 4.69) is 10.6 Å². The van der Waals surface area contributed by atoms with Gasteiger partial charge in [-0.2, -0.15) is 0 Å². The average Bonchev–Trinajstić information content (AvgIpc) is 2.81. The lowest BCUT2D eigenvalue weighted by Crippen LogP contribution is -2.36. The van der Waals surface area contributed by atoms with Gasteiger partial charge in [-0.1, -0.05) is 12.2 Å². The van der Waals surface area contributed by atoms with Crippen molar-refractivity contribution < 1.29 is 19.1 Å². The normalized spacial score (nSPS) is 14.4. The van der Waals surface area contributed by atoms with Crippen molar-refractivity contribution in [2.45, 2.75) is 18.9 Å². The molecule has 2 amide bonds. The van der Waals surface area contributed by atoms with E-state index in [9.17, 15) is 14.0 Å². The van der Waals surface area contributed by atoms with Gasteiger partial charge in [0.1, 0.15) is 5.82 Å². The second-order valence-electron chi connectivity index (χ2n) is 4.23. The summed E-state index contributed by atoms with van der Waals surface area (Å²) in [6, 6.07) is 2.59. The van der Waals surface area contributed by atoms with Crippen molar-refractivity contribution in [3.63, 3.8) is 0 Å². The van der Waals surface area contributed by atoms with Crippen molar-refractivity contribution >= 4 is 17.7 Å². The number of carboxylic acids is 1. The third kappa shape index (κ3) is 3.31. The van der Waals surface area contributed by atoms with Gasteiger partial charge in [0.2, 0.25) is 0 Å². The van der Waals surface area contributed by atoms with Crippen LogP contribution in [0.3, 0.4) is 0 Å². The Morgan fingerprint density at radius 3 is 2.58 bits per heavy atom. The second kappa shape index (κ2) is 5.51. The maximum atomic E-state index is 13.1. The van der Waals surface area contributed by atoms with Crippen LogP contribution in [0.25, 0.3) is 0 Å². The first-order valence-electron chi connectivity index (χ1n) is 5.81. The van der Waals surface area contributed by atoms with Gasteiger partial charge in [-0.05, 0) is 31.0 Å². The Morgan fingerprint density at radius 1 is 1.26 bits per heavy atom. The zero-order valence-corrected chi connectivity index (χ0v) is 10.0. The molecular weight excluding hydrogens is 251 g/mol. The van der Waals surface area contributed by atoms with Crippen molar-refractivity contribution in [2.24, 2.45) is 0 Å². The lowest BCUT2D eigenvalue weighted by Gasteiger charge is -2.14. The summed E-state index contributed by atoms with van der Waals surface area (Å²) in [7, 11) is 0. The zero-order valence-electron chi connectivity index (χ0n) is 10.0. The maximum Gasteiger partial charge on any atom is 0.337 e. The van der Waals surface area contributed by atoms with Gasteiger partial charge in [0.15, 0.2) is 0 Å². The molecule has 2 rings (SSSR count). The first-order valence-corrected chi connectivity index (χ1v) is 5.81. The number of hydrogen-bond donors (Lipinski definition) is 3. The van der Waals surface area contributed by atoms with Crippen LogP contribution in [0.15, 0.2) is 30.4 Å². The number of urea groups is 1. The van der Waals surface area contributed by atoms with Crippen LogP contribution in [-0.2, 0) is 0 Å². The number of anilines is 1. The summed E-state index contributed by atoms with van der Waals surface area (Å²) in [5.41, 5.74) is -0.211. The van der Waals surface area contributed by atoms with Crippen LogP contribution < -0.4 is 10.6 Å². The van der Waals surface area contributed by atoms with E-state index in [0.29, 0.717) is 0 Å². The molecule has 0 bridgehead atoms. The Kier molecular flexibility index (Phi) is 3.79. The molecule has 0 saturated carbocycles. The molecule has 3 N–H and O–H groups in total. The van der Waals surface area contributed by atoms with E-state index in [1.807, 2.05) is 12.2 Å². The highest BCUT2D eigenvalue weighted by Gasteiger charge is 2.16. The van der Waals surface area contributed by atoms with Crippen LogP contribution in [-0.4, -0.2) is 23.1 Å². The number of amides is 2. The highest BCUT2D eigenvalue weighted by atomic mass is 19.1. The fourth-order valence-corrected chi connectivity index (χ4v) is 1.89. The number of rotatable bonds is 3. The summed E-state index contributed by atoms with van der Waals surface area (Å²) in [5.74, 6) is -1.83. The number of aromatic carboxylic acids is 1. The fourth-order valence-electron chi connectivity index (χ4n) is 1.89. The van der Waals surface area contributed by atoms with Crippen molar-refractivity contribution in [3.05, 3.63) is 41.7 Å². The predicted octanol–water partition coefficient (Wildman–Crippen LogP) is 2.36. The Hall–Kier alpha value is -2.37. The molecule has 1 aromatic carbocycles. The molecule has 100 valence electrons. The van der Waals surface area contributed by atoms with Crippen LogP contribution in [0.5, 0.6) is 0 Å². The molecule has 19 heavy (non-hydrogen) atoms. The number of carboxylic acid groups (broad SMARTS) is 1. The van der Waals surface area contributed by atoms with Gasteiger partial charge in [0.25, 0.3) is 0 Å². The summed E-state index contributed by atoms with van der Waals surface area (Å²) < 4.78 is 13.1. The number of carbonyl (C=O) groups excluding carboxylic acids is 1. The highest BCUT2D eigenvalue weighted by molar-refractivity contribution is 6.00. The van der Waals surface area contributed by atoms with E-state index in [0.717, 1.165) is 31.0 Å². The zero-order chi connectivity index (χ0) is 13.8. The smallest absolute Gasteiger partial charge is 0.337 e. The van der Waals surface area contributed by atoms with Crippen LogP contribution in [0.2, 0.25) is 0 Å². The molecule has 1 aliphatic carbocycles. The lowest BCUT2D eigenvalue weighted by atomic mass is 10.1. The lowest BCUT2D eigenvalue weighted by molar-refractivity contribution is 0.0698. The van der Waals surface area contributed by atoms with Gasteiger partial charge in [0, 0.05) is 6.04 Å². The van der Waals surface area contributed by atoms with E-state index in [1.54, 1.807) is 0 Å². The molecule has 0 heterocycles. The molecule has 0 fully saturated rings. The van der Waals surface area contributed by atoms with E-state index in [1.165, 1.54) is 0 Å². The van der Waals surface area contributed by atoms with Crippen LogP contribution >= 0.6 is 0 Å². The molecule has 0 unspecified atom stereocenters. The topological polar surface area (TPSA) is 78.4 Å². The number of hydrogen-bond acceptors (Lipinski definition) is 2. The SMILES string of the molecule is O=C(Nc1cc(F)ccc1C(=O)O)NC1CC=CC1. The molecule has 0 spiro atoms. The van der Waals surface area contributed by atoms with Crippen LogP contribution in [0.4, 0.5) is 14.9 Å². The molecular formula is C13H13FN2O3. The van der Waals surface area contributed by atoms with Crippen molar-refractivity contribution in [1.29, 1.82) is 0 Å². The Labute approximate surface area is 109 Å². The number of nitrogens with one attached hydrogen (secondary N) is 2. The maximum absolute atomic E-state index is 13.1. The van der Waals surface area contributed by atoms with Crippen molar-refractivity contribution in [2.75, 3.05) is 5.32 Å². The van der Waals surface area contributed by atoms with E-state index in [-0.39, 0.29) is 17.3 Å². The summed E-state index contributed by atoms with van der Waals surface area (Å²) in [6.45, 7) is 0. The highest BCUT2D eigenvalue weighted by Crippen LogP contribution is 2.17. The molecule has 0 saturated heterocycles. The van der Waals surface area contributed by atoms with E-state index < -0.39 is 17.8 Å². The minimum atomic E-state index is -1.22. The standard InChI is InChI=1S/C13H13FN2O3/c14-8-5-6-10(12(17)18)11(7-8)16-13(19)15-9-3-1-2-4-9/h1-2,5-7,9H,3-4H2,(H,17,18)(H2,15,16,19). The summed E-state index contributed by atoms with van der Waals surface area (Å²) in [4.78, 5) is 22.6. The monoisotopic (exact) mass is 264 g/mol. The summed E-state index contributed by atoms with van der Waals surface area (Å²) in [6.07, 6.45) is 5.39. The quantitative estimate of drug-likeness (QED) is 0.733. The molecule has 0 aromatic heterocycles. The average molecular weight is 264 g/mol. The van der Waals surface area contributed by atoms with E-state index >= 15 is 0 Å². The molecule has 0 atom stereocenters. The molecule has 1 aliphatic rings. The molecule has 0 aliphatic heterocycles. The number of benzene rings is 1. The minimum absolute atomic E-state index is 0.00170. The van der Waals surface area contributed by atoms with Gasteiger partial charge in [-0.25, -0.2) is 14.0 Å². The van der Waals surface area contributed by atoms with Crippen LogP contribution in [0, 0.1) is 5.82 Å². The van der Waals surface area contributed by atoms with Gasteiger partial charge in [-0.15, -0.1) is 0 Å². The molecule has 1 aromatic rings. The van der Waals surface area contributed by atoms with Gasteiger partial charge in [0.05, 0.1) is 11.3 Å². The largest absolute Gasteiger partial charge is 0.478 e. The fraction of sp³-hybridized carbons (Fsp3) is 0.231. The van der Waals surface area contributed by atoms with Crippen molar-refractivity contribution in [1.82, 2.24) is 5.32 Å². The van der Waals surface area contributed by atoms with Gasteiger partial charge >= 0.3 is 12.0 Å². The Balaban J connectivity index is 2.06. The minimum Gasteiger partial charge on any atom is -0.478 e. The summed E-state index contributed by atoms with van der Waals surface area (Å²) >= 11 is 0. The van der Waals surface area contributed by atoms with Gasteiger partial charge in [-0.3, -0.25) is 0 Å². The Morgan fingerprint density at radius 2 is 1.95 bits per heavy atom. The molecule has 6 heteroatoms. The second-order valence-corrected chi connectivity index (χ2v) is 4.23. The Bertz CT molecular complexity index is 535. The number of carbonyl (C=O) groups is 2. The third-order valence-electron chi connectivity index (χ3n) is 2.80. The molecule has 5 nitrogen and oxygen atoms in total. The summed E-state index contributed by atoms with van der Waals surface area (Å²) in [5, 5.41) is 14.0. The van der Waals surface area contributed by atoms with Crippen LogP contribution in [0.1, 0.15) is 23.2 Å². The predicted molar refractivity (Wildman–Crippen MR) is 67.7 cm³/mol. The third-order valence-corrected chi connectivity index (χ3v) is 2.80. The van der Waals surface area contributed by atoms with E-state index in [4.69, 9.17) is 5.11 Å².